The van der Waals surface area contributed by atoms with Crippen molar-refractivity contribution in [3.8, 4) is 17.2 Å². The second-order valence-corrected chi connectivity index (χ2v) is 10.8. The smallest absolute Gasteiger partial charge is 0.299 e. The highest BCUT2D eigenvalue weighted by atomic mass is 35.5. The quantitative estimate of drug-likeness (QED) is 0.266. The third kappa shape index (κ3) is 6.61. The van der Waals surface area contributed by atoms with Crippen LogP contribution in [-0.4, -0.2) is 58.2 Å². The zero-order valence-electron chi connectivity index (χ0n) is 23.5. The normalized spacial score (nSPS) is 13.8. The molecule has 3 aromatic carbocycles. The van der Waals surface area contributed by atoms with E-state index < -0.39 is 5.56 Å². The van der Waals surface area contributed by atoms with Crippen molar-refractivity contribution in [1.29, 1.82) is 0 Å². The van der Waals surface area contributed by atoms with Crippen molar-refractivity contribution in [2.45, 2.75) is 26.7 Å². The Kier molecular flexibility index (Phi) is 8.71. The lowest BCUT2D eigenvalue weighted by molar-refractivity contribution is 0.0643. The van der Waals surface area contributed by atoms with Crippen LogP contribution < -0.4 is 15.6 Å². The van der Waals surface area contributed by atoms with Gasteiger partial charge in [0.15, 0.2) is 11.4 Å². The molecule has 0 radical (unpaired) electrons. The molecule has 0 spiro atoms. The van der Waals surface area contributed by atoms with E-state index in [4.69, 9.17) is 16.3 Å². The highest BCUT2D eigenvalue weighted by Gasteiger charge is 2.22. The predicted octanol–water partition coefficient (Wildman–Crippen LogP) is 6.32. The number of halogens is 1. The summed E-state index contributed by atoms with van der Waals surface area (Å²) >= 11 is 6.20. The van der Waals surface area contributed by atoms with Gasteiger partial charge in [-0.15, -0.1) is 0 Å². The van der Waals surface area contributed by atoms with Crippen LogP contribution in [0.2, 0.25) is 5.02 Å². The van der Waals surface area contributed by atoms with Crippen LogP contribution in [0.5, 0.6) is 11.5 Å². The number of nitrogens with one attached hydrogen (secondary N) is 1. The zero-order valence-corrected chi connectivity index (χ0v) is 24.3. The number of piperazine rings is 1. The Hall–Kier alpha value is -4.14. The molecule has 1 amide bonds. The second-order valence-electron chi connectivity index (χ2n) is 10.3. The fraction of sp³-hybridized carbons (Fsp3) is 0.281. The standard InChI is InChI=1S/C32H34ClN5O3/c1-4-36-14-16-37(17-15-36)31(39)24-9-5-11-26(18-24)35-30-29(41-28-13-6-8-23(19-28)22(2)3)21-34-38(32(30)40)27-12-7-10-25(33)20-27/h5-13,18-22,35H,4,14-17H2,1-3H3. The highest BCUT2D eigenvalue weighted by molar-refractivity contribution is 6.30. The third-order valence-electron chi connectivity index (χ3n) is 7.23. The van der Waals surface area contributed by atoms with Gasteiger partial charge in [-0.25, -0.2) is 0 Å². The molecule has 212 valence electrons. The molecule has 1 N–H and O–H groups in total. The Labute approximate surface area is 245 Å². The molecule has 5 rings (SSSR count). The molecular formula is C32H34ClN5O3. The zero-order chi connectivity index (χ0) is 28.9. The molecule has 0 aliphatic carbocycles. The summed E-state index contributed by atoms with van der Waals surface area (Å²) in [5, 5.41) is 8.10. The van der Waals surface area contributed by atoms with Crippen LogP contribution in [0.1, 0.15) is 42.6 Å². The Morgan fingerprint density at radius 1 is 1.00 bits per heavy atom. The summed E-state index contributed by atoms with van der Waals surface area (Å²) < 4.78 is 7.49. The lowest BCUT2D eigenvalue weighted by Crippen LogP contribution is -2.48. The van der Waals surface area contributed by atoms with Crippen LogP contribution >= 0.6 is 11.6 Å². The number of ether oxygens (including phenoxy) is 1. The Balaban J connectivity index is 1.49. The fourth-order valence-electron chi connectivity index (χ4n) is 4.81. The minimum absolute atomic E-state index is 0.0301. The van der Waals surface area contributed by atoms with E-state index >= 15 is 0 Å². The molecule has 0 bridgehead atoms. The lowest BCUT2D eigenvalue weighted by atomic mass is 10.0. The average molecular weight is 572 g/mol. The molecule has 1 saturated heterocycles. The van der Waals surface area contributed by atoms with Crippen molar-refractivity contribution in [1.82, 2.24) is 19.6 Å². The van der Waals surface area contributed by atoms with Crippen molar-refractivity contribution >= 4 is 28.9 Å². The molecule has 1 aliphatic rings. The average Bonchev–Trinajstić information content (AvgIpc) is 2.99. The second kappa shape index (κ2) is 12.6. The summed E-state index contributed by atoms with van der Waals surface area (Å²) in [6, 6.07) is 21.9. The van der Waals surface area contributed by atoms with E-state index in [0.29, 0.717) is 46.7 Å². The Morgan fingerprint density at radius 3 is 2.49 bits per heavy atom. The summed E-state index contributed by atoms with van der Waals surface area (Å²) in [6.45, 7) is 10.4. The number of likely N-dealkylation sites (N-methyl/N-ethyl adjacent to an activating group) is 1. The maximum atomic E-state index is 13.8. The number of benzene rings is 3. The van der Waals surface area contributed by atoms with Crippen LogP contribution in [0.3, 0.4) is 0 Å². The van der Waals surface area contributed by atoms with Gasteiger partial charge in [-0.05, 0) is 66.6 Å². The molecule has 0 saturated carbocycles. The van der Waals surface area contributed by atoms with Gasteiger partial charge in [-0.3, -0.25) is 9.59 Å². The van der Waals surface area contributed by atoms with Crippen LogP contribution in [0, 0.1) is 0 Å². The monoisotopic (exact) mass is 571 g/mol. The number of nitrogens with zero attached hydrogens (tertiary/aromatic N) is 4. The van der Waals surface area contributed by atoms with Crippen molar-refractivity contribution in [3.05, 3.63) is 105 Å². The number of hydrogen-bond donors (Lipinski definition) is 1. The highest BCUT2D eigenvalue weighted by Crippen LogP contribution is 2.31. The first kappa shape index (κ1) is 28.4. The SMILES string of the molecule is CCN1CCN(C(=O)c2cccc(Nc3c(Oc4cccc(C(C)C)c4)cnn(-c4cccc(Cl)c4)c3=O)c2)CC1. The molecule has 1 aliphatic heterocycles. The van der Waals surface area contributed by atoms with Gasteiger partial charge < -0.3 is 19.9 Å². The first-order valence-corrected chi connectivity index (χ1v) is 14.2. The van der Waals surface area contributed by atoms with Crippen LogP contribution in [-0.2, 0) is 0 Å². The minimum atomic E-state index is -0.419. The summed E-state index contributed by atoms with van der Waals surface area (Å²) in [6.07, 6.45) is 1.51. The van der Waals surface area contributed by atoms with Gasteiger partial charge in [-0.1, -0.05) is 56.6 Å². The van der Waals surface area contributed by atoms with E-state index in [1.807, 2.05) is 35.2 Å². The van der Waals surface area contributed by atoms with Crippen molar-refractivity contribution < 1.29 is 9.53 Å². The van der Waals surface area contributed by atoms with E-state index in [1.165, 1.54) is 10.9 Å². The van der Waals surface area contributed by atoms with E-state index in [9.17, 15) is 9.59 Å². The van der Waals surface area contributed by atoms with Gasteiger partial charge in [0.2, 0.25) is 0 Å². The molecule has 2 heterocycles. The van der Waals surface area contributed by atoms with Crippen LogP contribution in [0.4, 0.5) is 11.4 Å². The molecular weight excluding hydrogens is 538 g/mol. The fourth-order valence-corrected chi connectivity index (χ4v) is 5.00. The molecule has 41 heavy (non-hydrogen) atoms. The van der Waals surface area contributed by atoms with Gasteiger partial charge in [0.25, 0.3) is 11.5 Å². The number of carbonyl (C=O) groups excluding carboxylic acids is 1. The number of anilines is 2. The molecule has 8 nitrogen and oxygen atoms in total. The Morgan fingerprint density at radius 2 is 1.76 bits per heavy atom. The van der Waals surface area contributed by atoms with Crippen LogP contribution in [0.15, 0.2) is 83.8 Å². The molecule has 1 fully saturated rings. The van der Waals surface area contributed by atoms with Gasteiger partial charge in [-0.2, -0.15) is 9.78 Å². The molecule has 1 aromatic heterocycles. The topological polar surface area (TPSA) is 79.7 Å². The van der Waals surface area contributed by atoms with E-state index in [-0.39, 0.29) is 17.3 Å². The maximum Gasteiger partial charge on any atom is 0.299 e. The number of hydrogen-bond acceptors (Lipinski definition) is 6. The number of amides is 1. The number of carbonyl (C=O) groups is 1. The summed E-state index contributed by atoms with van der Waals surface area (Å²) in [4.78, 5) is 31.3. The molecule has 9 heteroatoms. The number of rotatable bonds is 8. The predicted molar refractivity (Wildman–Crippen MR) is 163 cm³/mol. The Bertz CT molecular complexity index is 1590. The van der Waals surface area contributed by atoms with Crippen molar-refractivity contribution in [2.75, 3.05) is 38.0 Å². The molecule has 0 unspecified atom stereocenters. The summed E-state index contributed by atoms with van der Waals surface area (Å²) in [5.74, 6) is 1.14. The first-order chi connectivity index (χ1) is 19.8. The third-order valence-corrected chi connectivity index (χ3v) is 7.47. The molecule has 4 aromatic rings. The van der Waals surface area contributed by atoms with Crippen molar-refractivity contribution in [2.24, 2.45) is 0 Å². The maximum absolute atomic E-state index is 13.8. The first-order valence-electron chi connectivity index (χ1n) is 13.9. The summed E-state index contributed by atoms with van der Waals surface area (Å²) in [5.41, 5.74) is 2.55. The van der Waals surface area contributed by atoms with E-state index in [1.54, 1.807) is 42.5 Å². The van der Waals surface area contributed by atoms with Gasteiger partial charge in [0.1, 0.15) is 5.75 Å². The summed E-state index contributed by atoms with van der Waals surface area (Å²) in [7, 11) is 0. The van der Waals surface area contributed by atoms with Gasteiger partial charge in [0, 0.05) is 42.5 Å². The number of aromatic nitrogens is 2. The van der Waals surface area contributed by atoms with Gasteiger partial charge >= 0.3 is 0 Å². The van der Waals surface area contributed by atoms with E-state index in [2.05, 4.69) is 36.1 Å². The molecule has 0 atom stereocenters. The van der Waals surface area contributed by atoms with E-state index in [0.717, 1.165) is 25.2 Å². The van der Waals surface area contributed by atoms with Crippen LogP contribution in [0.25, 0.3) is 5.69 Å². The van der Waals surface area contributed by atoms with Gasteiger partial charge in [0.05, 0.1) is 11.9 Å². The lowest BCUT2D eigenvalue weighted by Gasteiger charge is -2.34. The minimum Gasteiger partial charge on any atom is -0.453 e. The largest absolute Gasteiger partial charge is 0.453 e. The van der Waals surface area contributed by atoms with Crippen molar-refractivity contribution in [3.63, 3.8) is 0 Å².